The van der Waals surface area contributed by atoms with E-state index in [0.29, 0.717) is 6.04 Å². The molecule has 0 saturated carbocycles. The highest BCUT2D eigenvalue weighted by molar-refractivity contribution is 5.36. The monoisotopic (exact) mass is 296 g/mol. The summed E-state index contributed by atoms with van der Waals surface area (Å²) in [4.78, 5) is 2.56. The number of nitrogens with zero attached hydrogens (tertiary/aromatic N) is 1. The predicted molar refractivity (Wildman–Crippen MR) is 95.9 cm³/mol. The quantitative estimate of drug-likeness (QED) is 0.795. The molecule has 0 radical (unpaired) electrons. The van der Waals surface area contributed by atoms with Crippen molar-refractivity contribution in [2.75, 3.05) is 19.6 Å². The van der Waals surface area contributed by atoms with Crippen molar-refractivity contribution in [3.63, 3.8) is 0 Å². The average molecular weight is 296 g/mol. The molecule has 1 aliphatic rings. The molecule has 2 rings (SSSR count). The first-order valence-corrected chi connectivity index (χ1v) is 8.27. The van der Waals surface area contributed by atoms with E-state index in [1.807, 2.05) is 6.08 Å². The average Bonchev–Trinajstić information content (AvgIpc) is 2.55. The van der Waals surface area contributed by atoms with E-state index in [1.54, 1.807) is 0 Å². The highest BCUT2D eigenvalue weighted by Crippen LogP contribution is 2.30. The van der Waals surface area contributed by atoms with E-state index in [9.17, 15) is 0 Å². The Morgan fingerprint density at radius 1 is 1.41 bits per heavy atom. The number of rotatable bonds is 6. The predicted octanol–water partition coefficient (Wildman–Crippen LogP) is 4.10. The zero-order valence-electron chi connectivity index (χ0n) is 13.8. The fraction of sp³-hybridized carbons (Fsp3) is 0.400. The molecule has 118 valence electrons. The van der Waals surface area contributed by atoms with Gasteiger partial charge in [-0.25, -0.2) is 0 Å². The van der Waals surface area contributed by atoms with Gasteiger partial charge in [0, 0.05) is 25.7 Å². The largest absolute Gasteiger partial charge is 0.312 e. The summed E-state index contributed by atoms with van der Waals surface area (Å²) >= 11 is 0. The molecule has 0 aliphatic carbocycles. The third-order valence-electron chi connectivity index (χ3n) is 4.09. The van der Waals surface area contributed by atoms with E-state index >= 15 is 0 Å². The van der Waals surface area contributed by atoms with E-state index in [-0.39, 0.29) is 6.04 Å². The third kappa shape index (κ3) is 4.43. The molecule has 2 atom stereocenters. The Kier molecular flexibility index (Phi) is 6.63. The van der Waals surface area contributed by atoms with Crippen LogP contribution in [0.2, 0.25) is 0 Å². The fourth-order valence-corrected chi connectivity index (χ4v) is 3.03. The van der Waals surface area contributed by atoms with Gasteiger partial charge in [-0.15, -0.1) is 0 Å². The van der Waals surface area contributed by atoms with Crippen LogP contribution < -0.4 is 5.32 Å². The highest BCUT2D eigenvalue weighted by Gasteiger charge is 2.26. The van der Waals surface area contributed by atoms with Crippen molar-refractivity contribution < 1.29 is 0 Å². The standard InChI is InChI=1S/C20H28N2/c1-4-6-8-11-18(5-2)20(19-12-9-7-10-13-19)22-15-14-21-17(3)16-22/h5-13,17,20-21H,2,4,14-16H2,1,3H3/b8-6-,18-11+. The van der Waals surface area contributed by atoms with Gasteiger partial charge in [0.2, 0.25) is 0 Å². The SMILES string of the molecule is C=C/C(=C\C=C/CC)C(c1ccccc1)N1CCNC(C)C1. The normalized spacial score (nSPS) is 21.9. The minimum absolute atomic E-state index is 0.282. The molecular formula is C20H28N2. The van der Waals surface area contributed by atoms with Crippen LogP contribution in [0.4, 0.5) is 0 Å². The van der Waals surface area contributed by atoms with Gasteiger partial charge in [-0.2, -0.15) is 0 Å². The van der Waals surface area contributed by atoms with Crippen LogP contribution in [0.25, 0.3) is 0 Å². The summed E-state index contributed by atoms with van der Waals surface area (Å²) in [6.07, 6.45) is 9.61. The second-order valence-corrected chi connectivity index (χ2v) is 5.87. The molecule has 1 N–H and O–H groups in total. The minimum atomic E-state index is 0.282. The Morgan fingerprint density at radius 3 is 2.82 bits per heavy atom. The lowest BCUT2D eigenvalue weighted by atomic mass is 9.95. The second-order valence-electron chi connectivity index (χ2n) is 5.87. The van der Waals surface area contributed by atoms with Crippen molar-refractivity contribution in [2.45, 2.75) is 32.4 Å². The van der Waals surface area contributed by atoms with Crippen molar-refractivity contribution in [2.24, 2.45) is 0 Å². The Labute approximate surface area is 135 Å². The van der Waals surface area contributed by atoms with E-state index in [0.717, 1.165) is 26.1 Å². The van der Waals surface area contributed by atoms with Crippen LogP contribution in [-0.4, -0.2) is 30.6 Å². The number of allylic oxidation sites excluding steroid dienone is 3. The first-order chi connectivity index (χ1) is 10.8. The number of hydrogen-bond donors (Lipinski definition) is 1. The summed E-state index contributed by atoms with van der Waals surface area (Å²) < 4.78 is 0. The van der Waals surface area contributed by atoms with Crippen molar-refractivity contribution in [3.8, 4) is 0 Å². The maximum atomic E-state index is 4.06. The van der Waals surface area contributed by atoms with Gasteiger partial charge in [0.1, 0.15) is 0 Å². The second kappa shape index (κ2) is 8.72. The number of nitrogens with one attached hydrogen (secondary N) is 1. The Hall–Kier alpha value is -1.64. The van der Waals surface area contributed by atoms with Gasteiger partial charge in [0.05, 0.1) is 6.04 Å². The van der Waals surface area contributed by atoms with Crippen LogP contribution in [0.5, 0.6) is 0 Å². The van der Waals surface area contributed by atoms with E-state index in [1.165, 1.54) is 11.1 Å². The zero-order valence-corrected chi connectivity index (χ0v) is 13.8. The van der Waals surface area contributed by atoms with Crippen molar-refractivity contribution in [1.29, 1.82) is 0 Å². The molecule has 0 aromatic heterocycles. The van der Waals surface area contributed by atoms with Gasteiger partial charge in [0.25, 0.3) is 0 Å². The van der Waals surface area contributed by atoms with Crippen molar-refractivity contribution >= 4 is 0 Å². The van der Waals surface area contributed by atoms with Gasteiger partial charge < -0.3 is 5.32 Å². The van der Waals surface area contributed by atoms with E-state index in [4.69, 9.17) is 0 Å². The minimum Gasteiger partial charge on any atom is -0.312 e. The molecular weight excluding hydrogens is 268 g/mol. The van der Waals surface area contributed by atoms with Crippen LogP contribution in [0, 0.1) is 0 Å². The fourth-order valence-electron chi connectivity index (χ4n) is 3.03. The van der Waals surface area contributed by atoms with Crippen molar-refractivity contribution in [3.05, 3.63) is 72.4 Å². The summed E-state index contributed by atoms with van der Waals surface area (Å²) in [5, 5.41) is 3.53. The first kappa shape index (κ1) is 16.7. The van der Waals surface area contributed by atoms with Gasteiger partial charge in [-0.3, -0.25) is 4.90 Å². The molecule has 0 bridgehead atoms. The number of benzene rings is 1. The molecule has 1 aliphatic heterocycles. The van der Waals surface area contributed by atoms with Crippen LogP contribution in [0.1, 0.15) is 31.9 Å². The molecule has 2 nitrogen and oxygen atoms in total. The molecule has 0 amide bonds. The Balaban J connectivity index is 2.34. The molecule has 2 unspecified atom stereocenters. The van der Waals surface area contributed by atoms with Crippen LogP contribution in [0.3, 0.4) is 0 Å². The maximum absolute atomic E-state index is 4.06. The van der Waals surface area contributed by atoms with Gasteiger partial charge in [-0.1, -0.05) is 68.1 Å². The van der Waals surface area contributed by atoms with Gasteiger partial charge in [0.15, 0.2) is 0 Å². The van der Waals surface area contributed by atoms with Crippen LogP contribution >= 0.6 is 0 Å². The topological polar surface area (TPSA) is 15.3 Å². The molecule has 1 saturated heterocycles. The van der Waals surface area contributed by atoms with E-state index in [2.05, 4.69) is 79.2 Å². The Bertz CT molecular complexity index is 516. The van der Waals surface area contributed by atoms with Crippen LogP contribution in [-0.2, 0) is 0 Å². The third-order valence-corrected chi connectivity index (χ3v) is 4.09. The summed E-state index contributed by atoms with van der Waals surface area (Å²) in [6.45, 7) is 11.6. The summed E-state index contributed by atoms with van der Waals surface area (Å²) in [6, 6.07) is 11.6. The smallest absolute Gasteiger partial charge is 0.0602 e. The van der Waals surface area contributed by atoms with Crippen molar-refractivity contribution in [1.82, 2.24) is 10.2 Å². The lowest BCUT2D eigenvalue weighted by Gasteiger charge is -2.38. The highest BCUT2D eigenvalue weighted by atomic mass is 15.2. The summed E-state index contributed by atoms with van der Waals surface area (Å²) in [7, 11) is 0. The lowest BCUT2D eigenvalue weighted by Crippen LogP contribution is -2.50. The molecule has 22 heavy (non-hydrogen) atoms. The first-order valence-electron chi connectivity index (χ1n) is 8.27. The van der Waals surface area contributed by atoms with Crippen LogP contribution in [0.15, 0.2) is 66.8 Å². The zero-order chi connectivity index (χ0) is 15.8. The summed E-state index contributed by atoms with van der Waals surface area (Å²) in [5.74, 6) is 0. The van der Waals surface area contributed by atoms with Gasteiger partial charge >= 0.3 is 0 Å². The lowest BCUT2D eigenvalue weighted by molar-refractivity contribution is 0.169. The van der Waals surface area contributed by atoms with E-state index < -0.39 is 0 Å². The maximum Gasteiger partial charge on any atom is 0.0602 e. The Morgan fingerprint density at radius 2 is 2.18 bits per heavy atom. The van der Waals surface area contributed by atoms with Gasteiger partial charge in [-0.05, 0) is 24.5 Å². The molecule has 1 aromatic carbocycles. The molecule has 2 heteroatoms. The molecule has 0 spiro atoms. The molecule has 1 aromatic rings. The summed E-state index contributed by atoms with van der Waals surface area (Å²) in [5.41, 5.74) is 2.61. The number of piperazine rings is 1. The number of hydrogen-bond acceptors (Lipinski definition) is 2. The molecule has 1 heterocycles. The molecule has 1 fully saturated rings.